The zero-order valence-corrected chi connectivity index (χ0v) is 42.9. The Morgan fingerprint density at radius 3 is 1.49 bits per heavy atom. The van der Waals surface area contributed by atoms with E-state index in [1.54, 1.807) is 6.08 Å². The van der Waals surface area contributed by atoms with Crippen LogP contribution in [0.25, 0.3) is 0 Å². The average Bonchev–Trinajstić information content (AvgIpc) is 3.32. The normalized spacial score (nSPS) is 19.8. The second kappa shape index (κ2) is 46.3. The van der Waals surface area contributed by atoms with Crippen molar-refractivity contribution >= 4 is 11.9 Å². The number of rotatable bonds is 47. The van der Waals surface area contributed by atoms with Gasteiger partial charge in [0.25, 0.3) is 0 Å². The molecule has 0 radical (unpaired) electrons. The summed E-state index contributed by atoms with van der Waals surface area (Å²) in [5.74, 6) is -0.258. The lowest BCUT2D eigenvalue weighted by molar-refractivity contribution is -0.302. The first-order chi connectivity index (χ1) is 32.7. The number of allylic oxidation sites excluding steroid dienone is 5. The van der Waals surface area contributed by atoms with Gasteiger partial charge in [-0.1, -0.05) is 198 Å². The number of aliphatic hydroxyl groups is 5. The van der Waals surface area contributed by atoms with Crippen molar-refractivity contribution in [1.82, 2.24) is 5.32 Å². The SMILES string of the molecule is CCCCCCCCCCC/C=C/CC/C=C/C(O)C(COC1OC(CO)C(O)C(O)C1O)NC(=O)CCCCC/C=C\CCCCCCCCOC(=O)CCCCCCCCCCCCC. The van der Waals surface area contributed by atoms with Gasteiger partial charge >= 0.3 is 5.97 Å². The third kappa shape index (κ3) is 36.5. The number of amides is 1. The fourth-order valence-corrected chi connectivity index (χ4v) is 8.50. The number of hydrogen-bond donors (Lipinski definition) is 6. The molecule has 1 saturated heterocycles. The Balaban J connectivity index is 2.23. The molecule has 1 aliphatic heterocycles. The molecule has 0 aromatic rings. The van der Waals surface area contributed by atoms with E-state index < -0.39 is 49.5 Å². The Kier molecular flexibility index (Phi) is 43.4. The van der Waals surface area contributed by atoms with Gasteiger partial charge in [0.15, 0.2) is 6.29 Å². The zero-order valence-electron chi connectivity index (χ0n) is 42.9. The highest BCUT2D eigenvalue weighted by Gasteiger charge is 2.44. The smallest absolute Gasteiger partial charge is 0.305 e. The lowest BCUT2D eigenvalue weighted by Gasteiger charge is -2.40. The number of ether oxygens (including phenoxy) is 3. The minimum Gasteiger partial charge on any atom is -0.466 e. The van der Waals surface area contributed by atoms with Gasteiger partial charge in [0.2, 0.25) is 5.91 Å². The van der Waals surface area contributed by atoms with Crippen LogP contribution in [-0.2, 0) is 23.8 Å². The van der Waals surface area contributed by atoms with E-state index in [0.717, 1.165) is 70.6 Å². The molecule has 392 valence electrons. The highest BCUT2D eigenvalue weighted by atomic mass is 16.7. The molecule has 1 fully saturated rings. The van der Waals surface area contributed by atoms with Gasteiger partial charge in [-0.05, 0) is 70.6 Å². The number of carbonyl (C=O) groups excluding carboxylic acids is 2. The summed E-state index contributed by atoms with van der Waals surface area (Å²) in [4.78, 5) is 25.0. The van der Waals surface area contributed by atoms with Gasteiger partial charge in [0.1, 0.15) is 24.4 Å². The Labute approximate surface area is 409 Å². The van der Waals surface area contributed by atoms with Crippen LogP contribution in [0.4, 0.5) is 0 Å². The maximum Gasteiger partial charge on any atom is 0.305 e. The number of esters is 1. The predicted molar refractivity (Wildman–Crippen MR) is 274 cm³/mol. The molecular weight excluding hydrogens is 847 g/mol. The van der Waals surface area contributed by atoms with Gasteiger partial charge in [-0.2, -0.15) is 0 Å². The van der Waals surface area contributed by atoms with Gasteiger partial charge in [0, 0.05) is 12.8 Å². The van der Waals surface area contributed by atoms with E-state index in [0.29, 0.717) is 25.9 Å². The van der Waals surface area contributed by atoms with E-state index in [2.05, 4.69) is 43.5 Å². The first-order valence-electron chi connectivity index (χ1n) is 27.8. The van der Waals surface area contributed by atoms with Crippen LogP contribution < -0.4 is 5.32 Å². The summed E-state index contributed by atoms with van der Waals surface area (Å²) in [6, 6.07) is -0.847. The zero-order chi connectivity index (χ0) is 48.8. The number of nitrogens with one attached hydrogen (secondary N) is 1. The van der Waals surface area contributed by atoms with Crippen LogP contribution in [0.2, 0.25) is 0 Å². The van der Waals surface area contributed by atoms with Crippen molar-refractivity contribution in [3.05, 3.63) is 36.5 Å². The van der Waals surface area contributed by atoms with Gasteiger partial charge in [-0.3, -0.25) is 9.59 Å². The molecule has 11 nitrogen and oxygen atoms in total. The molecule has 1 amide bonds. The lowest BCUT2D eigenvalue weighted by Crippen LogP contribution is -2.60. The Morgan fingerprint density at radius 2 is 0.970 bits per heavy atom. The standard InChI is InChI=1S/C56H103NO10/c1-3-5-7-9-11-13-15-16-17-19-23-26-30-34-38-42-49(59)48(47-66-56-55(64)54(63)53(62)50(46-58)67-56)57-51(60)43-39-35-31-27-24-20-18-21-25-29-33-37-41-45-65-52(61)44-40-36-32-28-22-14-12-10-8-6-4-2/h20,23-24,26,38,42,48-50,53-56,58-59,62-64H,3-19,21-22,25,27-37,39-41,43-47H2,1-2H3,(H,57,60)/b24-20-,26-23+,42-38+. The second-order valence-electron chi connectivity index (χ2n) is 19.3. The molecule has 1 rings (SSSR count). The van der Waals surface area contributed by atoms with Crippen molar-refractivity contribution in [2.75, 3.05) is 19.8 Å². The van der Waals surface area contributed by atoms with Crippen molar-refractivity contribution in [2.45, 2.75) is 288 Å². The molecule has 1 aliphatic rings. The summed E-state index contributed by atoms with van der Waals surface area (Å²) in [6.45, 7) is 4.25. The van der Waals surface area contributed by atoms with E-state index in [1.165, 1.54) is 141 Å². The van der Waals surface area contributed by atoms with Crippen LogP contribution in [-0.4, -0.2) is 100 Å². The summed E-state index contributed by atoms with van der Waals surface area (Å²) in [5.41, 5.74) is 0. The quantitative estimate of drug-likeness (QED) is 0.0196. The highest BCUT2D eigenvalue weighted by Crippen LogP contribution is 2.23. The fourth-order valence-electron chi connectivity index (χ4n) is 8.50. The molecule has 0 saturated carbocycles. The average molecular weight is 950 g/mol. The molecule has 0 bridgehead atoms. The third-order valence-corrected chi connectivity index (χ3v) is 13.0. The first kappa shape index (κ1) is 62.9. The van der Waals surface area contributed by atoms with Gasteiger partial charge in [0.05, 0.1) is 32.0 Å². The monoisotopic (exact) mass is 950 g/mol. The molecule has 0 aromatic heterocycles. The maximum absolute atomic E-state index is 13.0. The summed E-state index contributed by atoms with van der Waals surface area (Å²) in [6.07, 6.45) is 45.0. The molecule has 7 unspecified atom stereocenters. The van der Waals surface area contributed by atoms with Crippen LogP contribution in [0.3, 0.4) is 0 Å². The number of aliphatic hydroxyl groups excluding tert-OH is 5. The predicted octanol–water partition coefficient (Wildman–Crippen LogP) is 11.9. The summed E-state index contributed by atoms with van der Waals surface area (Å²) in [5, 5.41) is 54.3. The highest BCUT2D eigenvalue weighted by molar-refractivity contribution is 5.76. The van der Waals surface area contributed by atoms with Crippen molar-refractivity contribution in [3.8, 4) is 0 Å². The van der Waals surface area contributed by atoms with Crippen LogP contribution in [0.1, 0.15) is 245 Å². The fraction of sp³-hybridized carbons (Fsp3) is 0.857. The van der Waals surface area contributed by atoms with Crippen molar-refractivity contribution < 1.29 is 49.3 Å². The summed E-state index contributed by atoms with van der Waals surface area (Å²) >= 11 is 0. The molecule has 7 atom stereocenters. The summed E-state index contributed by atoms with van der Waals surface area (Å²) < 4.78 is 16.7. The molecular formula is C56H103NO10. The molecule has 6 N–H and O–H groups in total. The van der Waals surface area contributed by atoms with Gasteiger partial charge in [-0.15, -0.1) is 0 Å². The van der Waals surface area contributed by atoms with E-state index in [-0.39, 0.29) is 18.5 Å². The Morgan fingerprint density at radius 1 is 0.537 bits per heavy atom. The van der Waals surface area contributed by atoms with Gasteiger partial charge < -0.3 is 45.1 Å². The van der Waals surface area contributed by atoms with E-state index >= 15 is 0 Å². The molecule has 0 aromatic carbocycles. The van der Waals surface area contributed by atoms with E-state index in [4.69, 9.17) is 14.2 Å². The number of hydrogen-bond acceptors (Lipinski definition) is 10. The van der Waals surface area contributed by atoms with Crippen LogP contribution in [0, 0.1) is 0 Å². The van der Waals surface area contributed by atoms with Gasteiger partial charge in [-0.25, -0.2) is 0 Å². The van der Waals surface area contributed by atoms with Crippen LogP contribution >= 0.6 is 0 Å². The van der Waals surface area contributed by atoms with Crippen molar-refractivity contribution in [1.29, 1.82) is 0 Å². The molecule has 0 aliphatic carbocycles. The third-order valence-electron chi connectivity index (χ3n) is 13.0. The minimum absolute atomic E-state index is 0.0364. The van der Waals surface area contributed by atoms with Crippen LogP contribution in [0.15, 0.2) is 36.5 Å². The van der Waals surface area contributed by atoms with E-state index in [1.807, 2.05) is 6.08 Å². The molecule has 0 spiro atoms. The number of unbranched alkanes of at least 4 members (excludes halogenated alkanes) is 29. The summed E-state index contributed by atoms with van der Waals surface area (Å²) in [7, 11) is 0. The topological polar surface area (TPSA) is 175 Å². The largest absolute Gasteiger partial charge is 0.466 e. The maximum atomic E-state index is 13.0. The Bertz CT molecular complexity index is 1210. The number of carbonyl (C=O) groups is 2. The molecule has 67 heavy (non-hydrogen) atoms. The second-order valence-corrected chi connectivity index (χ2v) is 19.3. The molecule has 1 heterocycles. The lowest BCUT2D eigenvalue weighted by atomic mass is 9.99. The van der Waals surface area contributed by atoms with Crippen LogP contribution in [0.5, 0.6) is 0 Å². The first-order valence-corrected chi connectivity index (χ1v) is 27.8. The Hall–Kier alpha value is -2.12. The van der Waals surface area contributed by atoms with Crippen molar-refractivity contribution in [3.63, 3.8) is 0 Å². The van der Waals surface area contributed by atoms with Crippen molar-refractivity contribution in [2.24, 2.45) is 0 Å². The molecule has 11 heteroatoms. The minimum atomic E-state index is -1.59. The van der Waals surface area contributed by atoms with E-state index in [9.17, 15) is 35.1 Å².